The van der Waals surface area contributed by atoms with Gasteiger partial charge in [-0.3, -0.25) is 0 Å². The van der Waals surface area contributed by atoms with E-state index in [4.69, 9.17) is 0 Å². The van der Waals surface area contributed by atoms with E-state index in [1.807, 2.05) is 0 Å². The van der Waals surface area contributed by atoms with Gasteiger partial charge >= 0.3 is 0 Å². The monoisotopic (exact) mass is 538 g/mol. The van der Waals surface area contributed by atoms with Gasteiger partial charge in [0.25, 0.3) is 0 Å². The molecule has 1 heterocycles. The van der Waals surface area contributed by atoms with Gasteiger partial charge in [-0.05, 0) is 35.7 Å². The summed E-state index contributed by atoms with van der Waals surface area (Å²) in [7, 11) is -0.648. The Morgan fingerprint density at radius 2 is 1.18 bits per heavy atom. The molecule has 0 N–H and O–H groups in total. The number of imidazole rings is 1. The molecule has 0 saturated heterocycles. The molecule has 0 spiro atoms. The maximum Gasteiger partial charge on any atom is 0.249 e. The number of halogens is 1. The van der Waals surface area contributed by atoms with Gasteiger partial charge < -0.3 is 12.4 Å². The Hall–Kier alpha value is -3.19. The Balaban J connectivity index is 0.00000336. The van der Waals surface area contributed by atoms with Crippen LogP contribution in [-0.2, 0) is 6.54 Å². The Bertz CT molecular complexity index is 1390. The maximum atomic E-state index is 2.32. The zero-order valence-corrected chi connectivity index (χ0v) is 24.3. The van der Waals surface area contributed by atoms with Crippen molar-refractivity contribution in [2.75, 3.05) is 0 Å². The van der Waals surface area contributed by atoms with Gasteiger partial charge in [0.05, 0.1) is 0 Å². The molecular formula is C34H36ClN2P. The van der Waals surface area contributed by atoms with Crippen LogP contribution in [0.2, 0.25) is 0 Å². The van der Waals surface area contributed by atoms with Crippen molar-refractivity contribution < 1.29 is 17.0 Å². The standard InChI is InChI=1S/C34H36N2P.ClH/c1-26(2)31-19-13-20-32(27(3)4)34(31)36-23-22-35(25-36)24-28-14-11-12-21-33(28)37(29-15-7-5-8-16-29)30-17-9-6-10-18-30;/h5-23,25-27H,24H2,1-4H3;1H/q+1;/p-1. The van der Waals surface area contributed by atoms with Crippen LogP contribution in [0.5, 0.6) is 0 Å². The summed E-state index contributed by atoms with van der Waals surface area (Å²) < 4.78 is 4.65. The lowest BCUT2D eigenvalue weighted by Crippen LogP contribution is -3.00. The van der Waals surface area contributed by atoms with Crippen LogP contribution in [0, 0.1) is 0 Å². The van der Waals surface area contributed by atoms with Crippen LogP contribution >= 0.6 is 7.92 Å². The first kappa shape index (κ1) is 27.8. The summed E-state index contributed by atoms with van der Waals surface area (Å²) in [6.45, 7) is 9.97. The van der Waals surface area contributed by atoms with Gasteiger partial charge in [-0.25, -0.2) is 9.13 Å². The Morgan fingerprint density at radius 1 is 0.658 bits per heavy atom. The highest BCUT2D eigenvalue weighted by Gasteiger charge is 2.22. The third-order valence-corrected chi connectivity index (χ3v) is 9.45. The van der Waals surface area contributed by atoms with Crippen LogP contribution in [0.25, 0.3) is 5.69 Å². The fraction of sp³-hybridized carbons (Fsp3) is 0.206. The normalized spacial score (nSPS) is 11.2. The summed E-state index contributed by atoms with van der Waals surface area (Å²) in [4.78, 5) is 0. The molecule has 38 heavy (non-hydrogen) atoms. The first-order chi connectivity index (χ1) is 18.0. The first-order valence-electron chi connectivity index (χ1n) is 13.2. The van der Waals surface area contributed by atoms with Crippen LogP contribution in [0.3, 0.4) is 0 Å². The highest BCUT2D eigenvalue weighted by atomic mass is 35.5. The van der Waals surface area contributed by atoms with Crippen molar-refractivity contribution >= 4 is 23.8 Å². The Kier molecular flexibility index (Phi) is 9.21. The maximum absolute atomic E-state index is 2.32. The van der Waals surface area contributed by atoms with E-state index in [-0.39, 0.29) is 12.4 Å². The van der Waals surface area contributed by atoms with E-state index in [0.29, 0.717) is 11.8 Å². The van der Waals surface area contributed by atoms with Crippen molar-refractivity contribution in [1.29, 1.82) is 0 Å². The number of hydrogen-bond donors (Lipinski definition) is 0. The highest BCUT2D eigenvalue weighted by Crippen LogP contribution is 2.34. The van der Waals surface area contributed by atoms with Crippen molar-refractivity contribution in [1.82, 2.24) is 4.57 Å². The lowest BCUT2D eigenvalue weighted by atomic mass is 9.92. The first-order valence-corrected chi connectivity index (χ1v) is 14.6. The molecule has 2 nitrogen and oxygen atoms in total. The van der Waals surface area contributed by atoms with Gasteiger partial charge in [0.15, 0.2) is 0 Å². The minimum atomic E-state index is -0.648. The summed E-state index contributed by atoms with van der Waals surface area (Å²) in [6, 6.07) is 37.7. The molecule has 4 heteroatoms. The molecular weight excluding hydrogens is 503 g/mol. The summed E-state index contributed by atoms with van der Waals surface area (Å²) in [5.41, 5.74) is 5.48. The van der Waals surface area contributed by atoms with E-state index >= 15 is 0 Å². The fourth-order valence-electron chi connectivity index (χ4n) is 5.07. The van der Waals surface area contributed by atoms with Gasteiger partial charge in [-0.15, -0.1) is 0 Å². The topological polar surface area (TPSA) is 8.81 Å². The third-order valence-electron chi connectivity index (χ3n) is 6.91. The molecule has 0 aliphatic carbocycles. The van der Waals surface area contributed by atoms with E-state index in [9.17, 15) is 0 Å². The predicted octanol–water partition coefficient (Wildman–Crippen LogP) is 3.82. The number of rotatable bonds is 8. The zero-order chi connectivity index (χ0) is 25.8. The van der Waals surface area contributed by atoms with Crippen molar-refractivity contribution in [3.63, 3.8) is 0 Å². The minimum absolute atomic E-state index is 0. The van der Waals surface area contributed by atoms with E-state index in [1.165, 1.54) is 38.3 Å². The van der Waals surface area contributed by atoms with Crippen molar-refractivity contribution in [2.45, 2.75) is 46.1 Å². The summed E-state index contributed by atoms with van der Waals surface area (Å²) >= 11 is 0. The van der Waals surface area contributed by atoms with Crippen molar-refractivity contribution in [3.8, 4) is 5.69 Å². The fourth-order valence-corrected chi connectivity index (χ4v) is 7.53. The SMILES string of the molecule is CC(C)c1cccc(C(C)C)c1-n1cc[n+](Cc2ccccc2P(c2ccccc2)c2ccccc2)c1.[Cl-]. The average Bonchev–Trinajstić information content (AvgIpc) is 3.38. The molecule has 0 unspecified atom stereocenters. The van der Waals surface area contributed by atoms with E-state index in [0.717, 1.165) is 6.54 Å². The molecule has 4 aromatic carbocycles. The van der Waals surface area contributed by atoms with Gasteiger partial charge in [0.2, 0.25) is 6.33 Å². The Labute approximate surface area is 235 Å². The number of benzene rings is 4. The molecule has 0 aliphatic heterocycles. The molecule has 0 radical (unpaired) electrons. The minimum Gasteiger partial charge on any atom is -1.00 e. The quantitative estimate of drug-likeness (QED) is 0.210. The van der Waals surface area contributed by atoms with Gasteiger partial charge in [-0.1, -0.05) is 131 Å². The smallest absolute Gasteiger partial charge is 0.249 e. The lowest BCUT2D eigenvalue weighted by Gasteiger charge is -2.21. The average molecular weight is 539 g/mol. The second kappa shape index (κ2) is 12.6. The zero-order valence-electron chi connectivity index (χ0n) is 22.6. The molecule has 1 aromatic heterocycles. The molecule has 5 aromatic rings. The number of aromatic nitrogens is 2. The van der Waals surface area contributed by atoms with E-state index in [2.05, 4.69) is 159 Å². The van der Waals surface area contributed by atoms with Crippen LogP contribution in [0.1, 0.15) is 56.2 Å². The molecule has 194 valence electrons. The van der Waals surface area contributed by atoms with E-state index in [1.54, 1.807) is 0 Å². The van der Waals surface area contributed by atoms with Crippen LogP contribution in [-0.4, -0.2) is 4.57 Å². The van der Waals surface area contributed by atoms with Crippen LogP contribution in [0.4, 0.5) is 0 Å². The molecule has 0 aliphatic rings. The summed E-state index contributed by atoms with van der Waals surface area (Å²) in [5.74, 6) is 0.927. The number of para-hydroxylation sites is 1. The van der Waals surface area contributed by atoms with Crippen molar-refractivity contribution in [3.05, 3.63) is 139 Å². The Morgan fingerprint density at radius 3 is 1.74 bits per heavy atom. The van der Waals surface area contributed by atoms with Gasteiger partial charge in [0, 0.05) is 16.7 Å². The molecule has 5 rings (SSSR count). The predicted molar refractivity (Wildman–Crippen MR) is 158 cm³/mol. The molecule has 0 saturated carbocycles. The molecule has 0 fully saturated rings. The summed E-state index contributed by atoms with van der Waals surface area (Å²) in [6.07, 6.45) is 6.69. The molecule has 0 bridgehead atoms. The van der Waals surface area contributed by atoms with E-state index < -0.39 is 7.92 Å². The highest BCUT2D eigenvalue weighted by molar-refractivity contribution is 7.79. The molecule has 0 amide bonds. The second-order valence-corrected chi connectivity index (χ2v) is 12.4. The van der Waals surface area contributed by atoms with Gasteiger partial charge in [-0.2, -0.15) is 0 Å². The third kappa shape index (κ3) is 5.93. The number of nitrogens with zero attached hydrogens (tertiary/aromatic N) is 2. The second-order valence-electron chi connectivity index (χ2n) is 10.2. The number of hydrogen-bond acceptors (Lipinski definition) is 0. The van der Waals surface area contributed by atoms with Crippen molar-refractivity contribution in [2.24, 2.45) is 0 Å². The van der Waals surface area contributed by atoms with Gasteiger partial charge in [0.1, 0.15) is 24.6 Å². The molecule has 0 atom stereocenters. The van der Waals surface area contributed by atoms with Crippen LogP contribution < -0.4 is 32.9 Å². The lowest BCUT2D eigenvalue weighted by molar-refractivity contribution is -0.687. The largest absolute Gasteiger partial charge is 1.00 e. The summed E-state index contributed by atoms with van der Waals surface area (Å²) in [5, 5.41) is 4.18. The van der Waals surface area contributed by atoms with Crippen LogP contribution in [0.15, 0.2) is 122 Å².